The Hall–Kier alpha value is -3.66. The Labute approximate surface area is 164 Å². The molecule has 144 valence electrons. The van der Waals surface area contributed by atoms with Crippen LogP contribution in [0.2, 0.25) is 0 Å². The molecule has 0 unspecified atom stereocenters. The van der Waals surface area contributed by atoms with E-state index < -0.39 is 5.91 Å². The van der Waals surface area contributed by atoms with Crippen molar-refractivity contribution in [2.75, 3.05) is 49.2 Å². The van der Waals surface area contributed by atoms with Crippen LogP contribution in [0.15, 0.2) is 60.3 Å². The number of methoxy groups -OCH3 is 1. The predicted octanol–water partition coefficient (Wildman–Crippen LogP) is 2.45. The molecule has 1 amide bonds. The highest BCUT2D eigenvalue weighted by Gasteiger charge is 2.19. The van der Waals surface area contributed by atoms with Gasteiger partial charge in [0.1, 0.15) is 17.4 Å². The number of carbonyl (C=O) groups excluding carboxylic acids is 1. The van der Waals surface area contributed by atoms with Crippen molar-refractivity contribution in [1.82, 2.24) is 4.90 Å². The van der Waals surface area contributed by atoms with E-state index in [1.165, 1.54) is 0 Å². The van der Waals surface area contributed by atoms with E-state index in [-0.39, 0.29) is 5.57 Å². The Kier molecular flexibility index (Phi) is 6.02. The number of nitrogen functional groups attached to an aromatic ring is 1. The average molecular weight is 377 g/mol. The molecule has 0 spiro atoms. The molecule has 1 saturated heterocycles. The summed E-state index contributed by atoms with van der Waals surface area (Å²) < 4.78 is 5.43. The van der Waals surface area contributed by atoms with E-state index in [1.807, 2.05) is 35.2 Å². The number of rotatable bonds is 5. The normalized spacial score (nSPS) is 14.4. The van der Waals surface area contributed by atoms with Gasteiger partial charge in [0.25, 0.3) is 5.91 Å². The van der Waals surface area contributed by atoms with Gasteiger partial charge in [0, 0.05) is 43.8 Å². The van der Waals surface area contributed by atoms with E-state index in [9.17, 15) is 10.1 Å². The number of amides is 1. The molecule has 0 saturated carbocycles. The maximum absolute atomic E-state index is 12.4. The van der Waals surface area contributed by atoms with Crippen molar-refractivity contribution in [2.45, 2.75) is 0 Å². The van der Waals surface area contributed by atoms with Gasteiger partial charge in [-0.05, 0) is 36.4 Å². The topological polar surface area (TPSA) is 94.6 Å². The van der Waals surface area contributed by atoms with Gasteiger partial charge in [0.15, 0.2) is 0 Å². The van der Waals surface area contributed by atoms with Gasteiger partial charge in [0.2, 0.25) is 0 Å². The molecule has 7 nitrogen and oxygen atoms in total. The smallest absolute Gasteiger partial charge is 0.267 e. The van der Waals surface area contributed by atoms with Crippen LogP contribution in [0.4, 0.5) is 17.1 Å². The Morgan fingerprint density at radius 3 is 2.46 bits per heavy atom. The number of benzene rings is 2. The zero-order valence-corrected chi connectivity index (χ0v) is 15.8. The molecule has 1 fully saturated rings. The van der Waals surface area contributed by atoms with Crippen molar-refractivity contribution in [1.29, 1.82) is 5.26 Å². The molecular weight excluding hydrogens is 354 g/mol. The molecule has 1 aliphatic rings. The fourth-order valence-corrected chi connectivity index (χ4v) is 3.07. The molecule has 3 N–H and O–H groups in total. The Balaban J connectivity index is 1.62. The van der Waals surface area contributed by atoms with Crippen LogP contribution in [-0.2, 0) is 4.79 Å². The van der Waals surface area contributed by atoms with Gasteiger partial charge >= 0.3 is 0 Å². The number of carbonyl (C=O) groups is 1. The van der Waals surface area contributed by atoms with Crippen LogP contribution in [0, 0.1) is 11.3 Å². The second-order valence-electron chi connectivity index (χ2n) is 6.43. The van der Waals surface area contributed by atoms with Crippen molar-refractivity contribution in [3.63, 3.8) is 0 Å². The molecule has 0 aliphatic carbocycles. The van der Waals surface area contributed by atoms with E-state index in [1.54, 1.807) is 37.6 Å². The van der Waals surface area contributed by atoms with E-state index >= 15 is 0 Å². The van der Waals surface area contributed by atoms with E-state index in [2.05, 4.69) is 10.2 Å². The number of anilines is 3. The van der Waals surface area contributed by atoms with Gasteiger partial charge in [-0.3, -0.25) is 4.79 Å². The molecule has 1 heterocycles. The minimum atomic E-state index is -0.431. The molecule has 28 heavy (non-hydrogen) atoms. The molecule has 0 aromatic heterocycles. The van der Waals surface area contributed by atoms with Gasteiger partial charge in [0.05, 0.1) is 12.8 Å². The lowest BCUT2D eigenvalue weighted by molar-refractivity contribution is -0.112. The third kappa shape index (κ3) is 4.54. The lowest BCUT2D eigenvalue weighted by atomic mass is 10.2. The SMILES string of the molecule is COc1ccccc1N1CCN(/C=C(/C#N)C(=O)Nc2ccc(N)cc2)CC1. The standard InChI is InChI=1S/C21H23N5O2/c1-28-20-5-3-2-4-19(20)26-12-10-25(11-13-26)15-16(14-22)21(27)24-18-8-6-17(23)7-9-18/h2-9,15H,10-13,23H2,1H3,(H,24,27)/b16-15-. The van der Waals surface area contributed by atoms with Gasteiger partial charge in [-0.2, -0.15) is 5.26 Å². The summed E-state index contributed by atoms with van der Waals surface area (Å²) in [5.41, 5.74) is 7.98. The van der Waals surface area contributed by atoms with Gasteiger partial charge in [-0.15, -0.1) is 0 Å². The largest absolute Gasteiger partial charge is 0.495 e. The molecule has 0 radical (unpaired) electrons. The first-order chi connectivity index (χ1) is 13.6. The molecule has 0 bridgehead atoms. The summed E-state index contributed by atoms with van der Waals surface area (Å²) in [6.07, 6.45) is 1.63. The van der Waals surface area contributed by atoms with Crippen molar-refractivity contribution < 1.29 is 9.53 Å². The highest BCUT2D eigenvalue weighted by atomic mass is 16.5. The summed E-state index contributed by atoms with van der Waals surface area (Å²) >= 11 is 0. The van der Waals surface area contributed by atoms with Crippen LogP contribution in [-0.4, -0.2) is 44.1 Å². The number of nitriles is 1. The van der Waals surface area contributed by atoms with Gasteiger partial charge in [-0.25, -0.2) is 0 Å². The van der Waals surface area contributed by atoms with Crippen molar-refractivity contribution in [3.8, 4) is 11.8 Å². The van der Waals surface area contributed by atoms with Gasteiger partial charge < -0.3 is 25.6 Å². The number of hydrogen-bond donors (Lipinski definition) is 2. The van der Waals surface area contributed by atoms with Crippen molar-refractivity contribution in [2.24, 2.45) is 0 Å². The zero-order valence-electron chi connectivity index (χ0n) is 15.8. The first kappa shape index (κ1) is 19.1. The zero-order chi connectivity index (χ0) is 19.9. The Morgan fingerprint density at radius 2 is 1.82 bits per heavy atom. The lowest BCUT2D eigenvalue weighted by Gasteiger charge is -2.36. The Bertz CT molecular complexity index is 894. The summed E-state index contributed by atoms with van der Waals surface area (Å²) in [6, 6.07) is 16.7. The highest BCUT2D eigenvalue weighted by molar-refractivity contribution is 6.06. The Morgan fingerprint density at radius 1 is 1.14 bits per heavy atom. The van der Waals surface area contributed by atoms with E-state index in [4.69, 9.17) is 10.5 Å². The monoisotopic (exact) mass is 377 g/mol. The lowest BCUT2D eigenvalue weighted by Crippen LogP contribution is -2.44. The first-order valence-corrected chi connectivity index (χ1v) is 9.01. The maximum Gasteiger partial charge on any atom is 0.267 e. The molecule has 1 aliphatic heterocycles. The number of hydrogen-bond acceptors (Lipinski definition) is 6. The summed E-state index contributed by atoms with van der Waals surface area (Å²) in [5, 5.41) is 12.1. The number of nitrogens with two attached hydrogens (primary N) is 1. The van der Waals surface area contributed by atoms with E-state index in [0.717, 1.165) is 24.5 Å². The second kappa shape index (κ2) is 8.82. The van der Waals surface area contributed by atoms with Crippen LogP contribution in [0.25, 0.3) is 0 Å². The van der Waals surface area contributed by atoms with E-state index in [0.29, 0.717) is 24.5 Å². The van der Waals surface area contributed by atoms with Crippen LogP contribution in [0.5, 0.6) is 5.75 Å². The van der Waals surface area contributed by atoms with Crippen LogP contribution in [0.1, 0.15) is 0 Å². The summed E-state index contributed by atoms with van der Waals surface area (Å²) in [5.74, 6) is 0.409. The number of ether oxygens (including phenoxy) is 1. The molecule has 2 aromatic carbocycles. The summed E-state index contributed by atoms with van der Waals surface area (Å²) in [4.78, 5) is 16.6. The fourth-order valence-electron chi connectivity index (χ4n) is 3.07. The van der Waals surface area contributed by atoms with Crippen LogP contribution < -0.4 is 20.7 Å². The molecule has 0 atom stereocenters. The second-order valence-corrected chi connectivity index (χ2v) is 6.43. The summed E-state index contributed by atoms with van der Waals surface area (Å²) in [6.45, 7) is 2.96. The van der Waals surface area contributed by atoms with Crippen LogP contribution in [0.3, 0.4) is 0 Å². The molecule has 2 aromatic rings. The third-order valence-corrected chi connectivity index (χ3v) is 4.59. The number of nitrogens with one attached hydrogen (secondary N) is 1. The molecular formula is C21H23N5O2. The number of nitrogens with zero attached hydrogens (tertiary/aromatic N) is 3. The third-order valence-electron chi connectivity index (χ3n) is 4.59. The average Bonchev–Trinajstić information content (AvgIpc) is 2.74. The van der Waals surface area contributed by atoms with Gasteiger partial charge in [-0.1, -0.05) is 12.1 Å². The molecule has 3 rings (SSSR count). The van der Waals surface area contributed by atoms with Crippen LogP contribution >= 0.6 is 0 Å². The quantitative estimate of drug-likeness (QED) is 0.472. The fraction of sp³-hybridized carbons (Fsp3) is 0.238. The number of para-hydroxylation sites is 2. The summed E-state index contributed by atoms with van der Waals surface area (Å²) in [7, 11) is 1.66. The molecule has 7 heteroatoms. The predicted molar refractivity (Wildman–Crippen MR) is 110 cm³/mol. The number of piperazine rings is 1. The first-order valence-electron chi connectivity index (χ1n) is 9.01. The highest BCUT2D eigenvalue weighted by Crippen LogP contribution is 2.28. The van der Waals surface area contributed by atoms with Crippen molar-refractivity contribution in [3.05, 3.63) is 60.3 Å². The maximum atomic E-state index is 12.4. The van der Waals surface area contributed by atoms with Crippen molar-refractivity contribution >= 4 is 23.0 Å². The minimum absolute atomic E-state index is 0.0718. The minimum Gasteiger partial charge on any atom is -0.495 e.